The van der Waals surface area contributed by atoms with E-state index in [9.17, 15) is 26.3 Å². The van der Waals surface area contributed by atoms with Gasteiger partial charge in [-0.05, 0) is 71.0 Å². The molecule has 3 aromatic carbocycles. The van der Waals surface area contributed by atoms with Gasteiger partial charge in [0.05, 0.1) is 5.56 Å². The fraction of sp³-hybridized carbons (Fsp3) is 0.143. The Balaban J connectivity index is 1.68. The van der Waals surface area contributed by atoms with Crippen LogP contribution in [0.15, 0.2) is 67.0 Å². The summed E-state index contributed by atoms with van der Waals surface area (Å²) in [6.45, 7) is 3.67. The molecule has 0 heterocycles. The van der Waals surface area contributed by atoms with Crippen LogP contribution >= 0.6 is 0 Å². The van der Waals surface area contributed by atoms with Crippen LogP contribution in [0.4, 0.5) is 26.3 Å². The Bertz CT molecular complexity index is 1330. The lowest BCUT2D eigenvalue weighted by molar-refractivity contribution is 0.0185. The molecule has 34 heavy (non-hydrogen) atoms. The molecule has 0 unspecified atom stereocenters. The molecule has 0 aromatic heterocycles. The molecule has 0 radical (unpaired) electrons. The number of benzene rings is 3. The fourth-order valence-corrected chi connectivity index (χ4v) is 3.77. The maximum atomic E-state index is 14.7. The van der Waals surface area contributed by atoms with E-state index in [1.54, 1.807) is 18.2 Å². The first-order valence-electron chi connectivity index (χ1n) is 10.5. The summed E-state index contributed by atoms with van der Waals surface area (Å²) in [7, 11) is 0. The zero-order valence-corrected chi connectivity index (χ0v) is 17.9. The first kappa shape index (κ1) is 23.4. The molecule has 0 saturated heterocycles. The van der Waals surface area contributed by atoms with E-state index in [-0.39, 0.29) is 16.7 Å². The van der Waals surface area contributed by atoms with Gasteiger partial charge in [0.25, 0.3) is 0 Å². The Morgan fingerprint density at radius 2 is 1.56 bits per heavy atom. The van der Waals surface area contributed by atoms with E-state index in [4.69, 9.17) is 0 Å². The molecule has 0 spiro atoms. The molecular weight excluding hydrogens is 450 g/mol. The molecule has 0 atom stereocenters. The zero-order chi connectivity index (χ0) is 24.5. The van der Waals surface area contributed by atoms with Gasteiger partial charge < -0.3 is 0 Å². The summed E-state index contributed by atoms with van der Waals surface area (Å²) in [5, 5.41) is 0. The molecule has 1 aliphatic carbocycles. The summed E-state index contributed by atoms with van der Waals surface area (Å²) < 4.78 is 84.6. The van der Waals surface area contributed by atoms with E-state index >= 15 is 0 Å². The van der Waals surface area contributed by atoms with Crippen molar-refractivity contribution in [1.29, 1.82) is 0 Å². The smallest absolute Gasteiger partial charge is 0.207 e. The van der Waals surface area contributed by atoms with Gasteiger partial charge in [-0.3, -0.25) is 0 Å². The SMILES string of the molecule is C=CCCc1ccc(-c2cc(F)c(C#Cc3cc(F)cc4c3CC(F)(F)C(F)=C4)c(F)c2)cc1. The number of halogens is 6. The molecule has 0 fully saturated rings. The van der Waals surface area contributed by atoms with E-state index in [2.05, 4.69) is 18.4 Å². The Morgan fingerprint density at radius 1 is 0.882 bits per heavy atom. The van der Waals surface area contributed by atoms with Crippen LogP contribution in [0.25, 0.3) is 17.2 Å². The van der Waals surface area contributed by atoms with Crippen molar-refractivity contribution in [3.05, 3.63) is 112 Å². The second-order valence-corrected chi connectivity index (χ2v) is 7.98. The molecule has 0 saturated carbocycles. The number of hydrogen-bond acceptors (Lipinski definition) is 0. The predicted molar refractivity (Wildman–Crippen MR) is 120 cm³/mol. The highest BCUT2D eigenvalue weighted by Gasteiger charge is 2.40. The highest BCUT2D eigenvalue weighted by molar-refractivity contribution is 5.67. The summed E-state index contributed by atoms with van der Waals surface area (Å²) in [6.07, 6.45) is 2.94. The van der Waals surface area contributed by atoms with Crippen LogP contribution in [0.5, 0.6) is 0 Å². The van der Waals surface area contributed by atoms with Crippen molar-refractivity contribution in [2.75, 3.05) is 0 Å². The summed E-state index contributed by atoms with van der Waals surface area (Å²) in [6, 6.07) is 11.3. The molecule has 0 N–H and O–H groups in total. The van der Waals surface area contributed by atoms with Gasteiger partial charge in [-0.2, -0.15) is 8.78 Å². The van der Waals surface area contributed by atoms with Crippen molar-refractivity contribution in [2.24, 2.45) is 0 Å². The number of hydrogen-bond donors (Lipinski definition) is 0. The molecule has 0 aliphatic heterocycles. The minimum Gasteiger partial charge on any atom is -0.207 e. The van der Waals surface area contributed by atoms with Crippen LogP contribution in [0.3, 0.4) is 0 Å². The Morgan fingerprint density at radius 3 is 2.21 bits per heavy atom. The largest absolute Gasteiger partial charge is 0.302 e. The lowest BCUT2D eigenvalue weighted by Crippen LogP contribution is -2.25. The van der Waals surface area contributed by atoms with Crippen molar-refractivity contribution in [3.8, 4) is 23.0 Å². The van der Waals surface area contributed by atoms with E-state index in [0.717, 1.165) is 42.7 Å². The van der Waals surface area contributed by atoms with Gasteiger partial charge in [0, 0.05) is 12.0 Å². The number of alkyl halides is 2. The highest BCUT2D eigenvalue weighted by Crippen LogP contribution is 2.38. The summed E-state index contributed by atoms with van der Waals surface area (Å²) in [5.41, 5.74) is 1.04. The van der Waals surface area contributed by atoms with Gasteiger partial charge in [-0.1, -0.05) is 42.2 Å². The summed E-state index contributed by atoms with van der Waals surface area (Å²) >= 11 is 0. The summed E-state index contributed by atoms with van der Waals surface area (Å²) in [5.74, 6) is -3.48. The normalized spacial score (nSPS) is 14.0. The summed E-state index contributed by atoms with van der Waals surface area (Å²) in [4.78, 5) is 0. The molecule has 4 rings (SSSR count). The van der Waals surface area contributed by atoms with E-state index in [1.165, 1.54) is 0 Å². The third-order valence-electron chi connectivity index (χ3n) is 5.57. The molecule has 0 nitrogen and oxygen atoms in total. The maximum Gasteiger partial charge on any atom is 0.302 e. The molecule has 1 aliphatic rings. The van der Waals surface area contributed by atoms with Gasteiger partial charge in [0.1, 0.15) is 17.5 Å². The van der Waals surface area contributed by atoms with Gasteiger partial charge in [0.15, 0.2) is 5.83 Å². The Hall–Kier alpha value is -3.72. The first-order valence-corrected chi connectivity index (χ1v) is 10.5. The molecule has 0 amide bonds. The first-order chi connectivity index (χ1) is 16.2. The van der Waals surface area contributed by atoms with Gasteiger partial charge >= 0.3 is 5.92 Å². The van der Waals surface area contributed by atoms with Crippen LogP contribution < -0.4 is 0 Å². The monoisotopic (exact) mass is 468 g/mol. The lowest BCUT2D eigenvalue weighted by atomic mass is 9.90. The lowest BCUT2D eigenvalue weighted by Gasteiger charge is -2.22. The van der Waals surface area contributed by atoms with E-state index in [0.29, 0.717) is 17.2 Å². The third kappa shape index (κ3) is 4.79. The standard InChI is InChI=1S/C28H18F6/c1-2-3-4-17-5-7-18(8-6-17)20-13-25(30)23(26(31)14-20)10-9-19-11-22(29)12-21-15-27(32)28(33,34)16-24(19)21/h2,5-8,11-15H,1,3-4,16H2. The Kier molecular flexibility index (Phi) is 6.39. The minimum absolute atomic E-state index is 0.0828. The van der Waals surface area contributed by atoms with Crippen molar-refractivity contribution < 1.29 is 26.3 Å². The van der Waals surface area contributed by atoms with Gasteiger partial charge in [-0.25, -0.2) is 17.6 Å². The molecule has 172 valence electrons. The van der Waals surface area contributed by atoms with E-state index in [1.807, 2.05) is 12.1 Å². The molecular formula is C28H18F6. The molecule has 6 heteroatoms. The van der Waals surface area contributed by atoms with Crippen molar-refractivity contribution in [2.45, 2.75) is 25.2 Å². The molecule has 0 bridgehead atoms. The van der Waals surface area contributed by atoms with E-state index < -0.39 is 41.2 Å². The number of aryl methyl sites for hydroxylation is 1. The Labute approximate surface area is 193 Å². The number of allylic oxidation sites excluding steroid dienone is 2. The zero-order valence-electron chi connectivity index (χ0n) is 17.9. The average Bonchev–Trinajstić information content (AvgIpc) is 2.78. The van der Waals surface area contributed by atoms with Crippen LogP contribution in [0, 0.1) is 29.3 Å². The fourth-order valence-electron chi connectivity index (χ4n) is 3.77. The molecule has 3 aromatic rings. The third-order valence-corrected chi connectivity index (χ3v) is 5.57. The topological polar surface area (TPSA) is 0 Å². The number of rotatable bonds is 4. The van der Waals surface area contributed by atoms with Crippen molar-refractivity contribution >= 4 is 6.08 Å². The second kappa shape index (κ2) is 9.26. The van der Waals surface area contributed by atoms with Gasteiger partial charge in [0.2, 0.25) is 0 Å². The number of fused-ring (bicyclic) bond motifs is 1. The maximum absolute atomic E-state index is 14.7. The van der Waals surface area contributed by atoms with Crippen LogP contribution in [-0.4, -0.2) is 5.92 Å². The van der Waals surface area contributed by atoms with Crippen molar-refractivity contribution in [3.63, 3.8) is 0 Å². The quantitative estimate of drug-likeness (QED) is 0.208. The van der Waals surface area contributed by atoms with Crippen LogP contribution in [0.2, 0.25) is 0 Å². The predicted octanol–water partition coefficient (Wildman–Crippen LogP) is 7.79. The average molecular weight is 468 g/mol. The van der Waals surface area contributed by atoms with Gasteiger partial charge in [-0.15, -0.1) is 6.58 Å². The highest BCUT2D eigenvalue weighted by atomic mass is 19.3. The van der Waals surface area contributed by atoms with Crippen molar-refractivity contribution in [1.82, 2.24) is 0 Å². The minimum atomic E-state index is -3.76. The second-order valence-electron chi connectivity index (χ2n) is 7.98. The van der Waals surface area contributed by atoms with Crippen LogP contribution in [-0.2, 0) is 12.8 Å². The van der Waals surface area contributed by atoms with Crippen LogP contribution in [0.1, 0.15) is 34.2 Å².